The summed E-state index contributed by atoms with van der Waals surface area (Å²) >= 11 is 0. The molecule has 0 unspecified atom stereocenters. The van der Waals surface area contributed by atoms with E-state index in [0.29, 0.717) is 0 Å². The number of ketones is 1. The average molecular weight is 343 g/mol. The van der Waals surface area contributed by atoms with Crippen molar-refractivity contribution >= 4 is 5.78 Å². The summed E-state index contributed by atoms with van der Waals surface area (Å²) in [5.74, 6) is -5.24. The molecular weight excluding hydrogens is 332 g/mol. The minimum Gasteiger partial charge on any atom is -0.505 e. The Hall–Kier alpha value is -3.48. The molecule has 0 fully saturated rings. The van der Waals surface area contributed by atoms with Gasteiger partial charge < -0.3 is 15.3 Å². The molecule has 5 nitrogen and oxygen atoms in total. The maximum Gasteiger partial charge on any atom is 0.215 e. The highest BCUT2D eigenvalue weighted by molar-refractivity contribution is 6.10. The number of phenols is 3. The van der Waals surface area contributed by atoms with Crippen LogP contribution in [-0.4, -0.2) is 26.1 Å². The fraction of sp³-hybridized carbons (Fsp3) is 0. The van der Waals surface area contributed by atoms with Crippen molar-refractivity contribution in [2.45, 2.75) is 0 Å². The summed E-state index contributed by atoms with van der Waals surface area (Å²) in [4.78, 5) is 16.5. The van der Waals surface area contributed by atoms with Crippen molar-refractivity contribution in [1.82, 2.24) is 4.98 Å². The van der Waals surface area contributed by atoms with Gasteiger partial charge in [0.2, 0.25) is 5.78 Å². The smallest absolute Gasteiger partial charge is 0.215 e. The van der Waals surface area contributed by atoms with Gasteiger partial charge >= 0.3 is 0 Å². The summed E-state index contributed by atoms with van der Waals surface area (Å²) in [5, 5.41) is 28.6. The Morgan fingerprint density at radius 2 is 1.60 bits per heavy atom. The Labute approximate surface area is 140 Å². The monoisotopic (exact) mass is 343 g/mol. The topological polar surface area (TPSA) is 90.7 Å². The van der Waals surface area contributed by atoms with E-state index in [9.17, 15) is 28.9 Å². The molecule has 0 bridgehead atoms. The molecule has 1 aromatic heterocycles. The summed E-state index contributed by atoms with van der Waals surface area (Å²) in [7, 11) is 0. The van der Waals surface area contributed by atoms with E-state index in [4.69, 9.17) is 0 Å². The second-order valence-electron chi connectivity index (χ2n) is 5.17. The number of aromatic hydroxyl groups is 3. The van der Waals surface area contributed by atoms with Crippen LogP contribution in [0.2, 0.25) is 0 Å². The van der Waals surface area contributed by atoms with Crippen molar-refractivity contribution in [2.75, 3.05) is 0 Å². The number of benzene rings is 2. The van der Waals surface area contributed by atoms with Crippen molar-refractivity contribution in [3.05, 3.63) is 71.4 Å². The van der Waals surface area contributed by atoms with Crippen LogP contribution in [0.3, 0.4) is 0 Å². The van der Waals surface area contributed by atoms with Crippen molar-refractivity contribution in [3.63, 3.8) is 0 Å². The van der Waals surface area contributed by atoms with Crippen LogP contribution in [0.4, 0.5) is 8.78 Å². The van der Waals surface area contributed by atoms with Crippen LogP contribution in [0.25, 0.3) is 11.3 Å². The number of halogens is 2. The molecular formula is C18H11F2NO4. The molecule has 0 aliphatic heterocycles. The Kier molecular flexibility index (Phi) is 4.06. The fourth-order valence-electron chi connectivity index (χ4n) is 2.31. The van der Waals surface area contributed by atoms with Gasteiger partial charge in [-0.05, 0) is 36.4 Å². The van der Waals surface area contributed by atoms with E-state index in [1.807, 2.05) is 0 Å². The fourth-order valence-corrected chi connectivity index (χ4v) is 2.31. The maximum absolute atomic E-state index is 14.0. The highest BCUT2D eigenvalue weighted by Gasteiger charge is 2.20. The molecule has 0 spiro atoms. The quantitative estimate of drug-likeness (QED) is 0.501. The van der Waals surface area contributed by atoms with Crippen molar-refractivity contribution in [1.29, 1.82) is 0 Å². The second kappa shape index (κ2) is 6.20. The van der Waals surface area contributed by atoms with Gasteiger partial charge in [0.05, 0.1) is 11.3 Å². The number of carbonyl (C=O) groups is 1. The second-order valence-corrected chi connectivity index (χ2v) is 5.17. The normalized spacial score (nSPS) is 10.6. The molecule has 126 valence electrons. The third-order valence-electron chi connectivity index (χ3n) is 3.58. The summed E-state index contributed by atoms with van der Waals surface area (Å²) in [6, 6.07) is 10.0. The van der Waals surface area contributed by atoms with Crippen LogP contribution in [0.15, 0.2) is 48.5 Å². The van der Waals surface area contributed by atoms with Gasteiger partial charge in [-0.2, -0.15) is 0 Å². The number of rotatable bonds is 3. The predicted octanol–water partition coefficient (Wildman–Crippen LogP) is 3.37. The van der Waals surface area contributed by atoms with E-state index in [2.05, 4.69) is 4.98 Å². The SMILES string of the molecule is O=C(c1cccc(-c2cccc(O)c2F)n1)c1ccc(F)c(O)c1O. The molecule has 0 atom stereocenters. The van der Waals surface area contributed by atoms with Gasteiger partial charge in [0, 0.05) is 5.56 Å². The first-order chi connectivity index (χ1) is 11.9. The largest absolute Gasteiger partial charge is 0.505 e. The third-order valence-corrected chi connectivity index (χ3v) is 3.58. The first-order valence-electron chi connectivity index (χ1n) is 7.10. The van der Waals surface area contributed by atoms with Crippen LogP contribution in [-0.2, 0) is 0 Å². The van der Waals surface area contributed by atoms with Gasteiger partial charge in [-0.25, -0.2) is 13.8 Å². The first-order valence-corrected chi connectivity index (χ1v) is 7.10. The van der Waals surface area contributed by atoms with Gasteiger partial charge in [0.1, 0.15) is 5.69 Å². The number of phenolic OH excluding ortho intramolecular Hbond substituents is 3. The van der Waals surface area contributed by atoms with Crippen LogP contribution in [0.1, 0.15) is 16.1 Å². The van der Waals surface area contributed by atoms with Gasteiger partial charge in [0.25, 0.3) is 0 Å². The first kappa shape index (κ1) is 16.4. The zero-order valence-corrected chi connectivity index (χ0v) is 12.6. The van der Waals surface area contributed by atoms with E-state index >= 15 is 0 Å². The number of nitrogens with zero attached hydrogens (tertiary/aromatic N) is 1. The van der Waals surface area contributed by atoms with E-state index < -0.39 is 34.7 Å². The minimum atomic E-state index is -1.07. The molecule has 0 aliphatic carbocycles. The lowest BCUT2D eigenvalue weighted by atomic mass is 10.0. The number of hydrogen-bond acceptors (Lipinski definition) is 5. The maximum atomic E-state index is 14.0. The van der Waals surface area contributed by atoms with Gasteiger partial charge in [0.15, 0.2) is 28.9 Å². The number of aromatic nitrogens is 1. The molecule has 3 N–H and O–H groups in total. The standard InChI is InChI=1S/C18H11F2NO4/c19-11-8-7-10(17(24)18(11)25)16(23)13-5-2-4-12(21-13)9-3-1-6-14(22)15(9)20/h1-8,22,24-25H. The van der Waals surface area contributed by atoms with Crippen molar-refractivity contribution < 1.29 is 28.9 Å². The van der Waals surface area contributed by atoms with Gasteiger partial charge in [-0.1, -0.05) is 12.1 Å². The lowest BCUT2D eigenvalue weighted by Crippen LogP contribution is -2.06. The molecule has 0 saturated heterocycles. The average Bonchev–Trinajstić information content (AvgIpc) is 2.62. The molecule has 1 heterocycles. The highest BCUT2D eigenvalue weighted by Crippen LogP contribution is 2.33. The van der Waals surface area contributed by atoms with E-state index in [0.717, 1.165) is 12.1 Å². The molecule has 0 radical (unpaired) electrons. The van der Waals surface area contributed by atoms with E-state index in [-0.39, 0.29) is 22.5 Å². The third kappa shape index (κ3) is 2.87. The van der Waals surface area contributed by atoms with E-state index in [1.54, 1.807) is 0 Å². The molecule has 0 aliphatic rings. The lowest BCUT2D eigenvalue weighted by molar-refractivity contribution is 0.103. The molecule has 3 aromatic rings. The van der Waals surface area contributed by atoms with Gasteiger partial charge in [-0.3, -0.25) is 4.79 Å². The van der Waals surface area contributed by atoms with Crippen molar-refractivity contribution in [2.24, 2.45) is 0 Å². The van der Waals surface area contributed by atoms with Crippen LogP contribution in [0.5, 0.6) is 17.2 Å². The number of carbonyl (C=O) groups excluding carboxylic acids is 1. The Morgan fingerprint density at radius 3 is 2.36 bits per heavy atom. The summed E-state index contributed by atoms with van der Waals surface area (Å²) in [6.07, 6.45) is 0. The van der Waals surface area contributed by atoms with Gasteiger partial charge in [-0.15, -0.1) is 0 Å². The molecule has 0 amide bonds. The number of pyridine rings is 1. The Balaban J connectivity index is 2.07. The highest BCUT2D eigenvalue weighted by atomic mass is 19.1. The summed E-state index contributed by atoms with van der Waals surface area (Å²) in [5.41, 5.74) is -0.424. The predicted molar refractivity (Wildman–Crippen MR) is 84.5 cm³/mol. The molecule has 25 heavy (non-hydrogen) atoms. The van der Waals surface area contributed by atoms with Crippen LogP contribution >= 0.6 is 0 Å². The van der Waals surface area contributed by atoms with E-state index in [1.165, 1.54) is 36.4 Å². The molecule has 0 saturated carbocycles. The minimum absolute atomic E-state index is 0.0131. The zero-order valence-electron chi connectivity index (χ0n) is 12.6. The number of hydrogen-bond donors (Lipinski definition) is 3. The zero-order chi connectivity index (χ0) is 18.1. The summed E-state index contributed by atoms with van der Waals surface area (Å²) < 4.78 is 27.2. The van der Waals surface area contributed by atoms with Crippen LogP contribution < -0.4 is 0 Å². The lowest BCUT2D eigenvalue weighted by Gasteiger charge is -2.08. The Bertz CT molecular complexity index is 989. The Morgan fingerprint density at radius 1 is 0.880 bits per heavy atom. The molecule has 2 aromatic carbocycles. The molecule has 7 heteroatoms. The van der Waals surface area contributed by atoms with Crippen molar-refractivity contribution in [3.8, 4) is 28.5 Å². The molecule has 3 rings (SSSR count). The summed E-state index contributed by atoms with van der Waals surface area (Å²) in [6.45, 7) is 0. The van der Waals surface area contributed by atoms with Crippen LogP contribution in [0, 0.1) is 11.6 Å².